The Morgan fingerprint density at radius 3 is 2.94 bits per heavy atom. The summed E-state index contributed by atoms with van der Waals surface area (Å²) in [5.74, 6) is 0.955. The quantitative estimate of drug-likeness (QED) is 0.857. The van der Waals surface area contributed by atoms with Crippen LogP contribution in [-0.4, -0.2) is 29.5 Å². The molecule has 3 rings (SSSR count). The minimum absolute atomic E-state index is 0.219. The average Bonchev–Trinajstić information content (AvgIpc) is 2.90. The van der Waals surface area contributed by atoms with Crippen LogP contribution in [0.4, 0.5) is 5.95 Å². The Balaban J connectivity index is 2.12. The van der Waals surface area contributed by atoms with E-state index < -0.39 is 0 Å². The highest BCUT2D eigenvalue weighted by atomic mass is 32.1. The molecule has 0 aliphatic carbocycles. The van der Waals surface area contributed by atoms with Crippen LogP contribution >= 0.6 is 11.3 Å². The average molecular weight is 250 g/mol. The Labute approximate surface area is 105 Å². The number of thiazole rings is 1. The zero-order valence-electron chi connectivity index (χ0n) is 10.3. The topological polar surface area (TPSA) is 41.4 Å². The molecule has 17 heavy (non-hydrogen) atoms. The van der Waals surface area contributed by atoms with Gasteiger partial charge in [0.25, 0.3) is 0 Å². The van der Waals surface area contributed by atoms with Crippen LogP contribution in [0.2, 0.25) is 0 Å². The van der Waals surface area contributed by atoms with Crippen LogP contribution in [0.15, 0.2) is 11.6 Å². The number of anilines is 1. The first kappa shape index (κ1) is 11.0. The molecule has 0 bridgehead atoms. The fourth-order valence-electron chi connectivity index (χ4n) is 2.61. The van der Waals surface area contributed by atoms with Gasteiger partial charge in [-0.3, -0.25) is 4.40 Å². The third-order valence-electron chi connectivity index (χ3n) is 3.76. The SMILES string of the molecule is CNc1nc(C2(C)CCNCC2)c2sccn12. The number of piperidine rings is 1. The van der Waals surface area contributed by atoms with Gasteiger partial charge in [-0.25, -0.2) is 4.98 Å². The summed E-state index contributed by atoms with van der Waals surface area (Å²) in [6.45, 7) is 4.53. The van der Waals surface area contributed by atoms with Crippen molar-refractivity contribution in [3.8, 4) is 0 Å². The Bertz CT molecular complexity index is 522. The molecular formula is C12H18N4S. The molecule has 2 aromatic heterocycles. The van der Waals surface area contributed by atoms with Crippen molar-refractivity contribution in [1.29, 1.82) is 0 Å². The monoisotopic (exact) mass is 250 g/mol. The van der Waals surface area contributed by atoms with Crippen LogP contribution in [0.25, 0.3) is 4.83 Å². The molecule has 4 nitrogen and oxygen atoms in total. The first-order valence-corrected chi connectivity index (χ1v) is 6.97. The highest BCUT2D eigenvalue weighted by Gasteiger charge is 2.33. The van der Waals surface area contributed by atoms with E-state index in [0.29, 0.717) is 0 Å². The van der Waals surface area contributed by atoms with E-state index >= 15 is 0 Å². The molecule has 0 saturated carbocycles. The smallest absolute Gasteiger partial charge is 0.208 e. The van der Waals surface area contributed by atoms with Gasteiger partial charge in [0, 0.05) is 24.0 Å². The van der Waals surface area contributed by atoms with Crippen LogP contribution in [0.5, 0.6) is 0 Å². The summed E-state index contributed by atoms with van der Waals surface area (Å²) in [4.78, 5) is 6.09. The Morgan fingerprint density at radius 2 is 2.24 bits per heavy atom. The van der Waals surface area contributed by atoms with Gasteiger partial charge in [-0.15, -0.1) is 11.3 Å². The molecule has 1 aliphatic heterocycles. The Kier molecular flexibility index (Phi) is 2.60. The molecule has 2 N–H and O–H groups in total. The number of hydrogen-bond acceptors (Lipinski definition) is 4. The maximum absolute atomic E-state index is 4.80. The number of aromatic nitrogens is 2. The number of nitrogens with zero attached hydrogens (tertiary/aromatic N) is 2. The molecule has 0 unspecified atom stereocenters. The first-order chi connectivity index (χ1) is 8.24. The first-order valence-electron chi connectivity index (χ1n) is 6.09. The Hall–Kier alpha value is -1.07. The van der Waals surface area contributed by atoms with E-state index in [0.717, 1.165) is 19.0 Å². The number of hydrogen-bond donors (Lipinski definition) is 2. The van der Waals surface area contributed by atoms with E-state index in [9.17, 15) is 0 Å². The molecular weight excluding hydrogens is 232 g/mol. The van der Waals surface area contributed by atoms with Crippen molar-refractivity contribution in [1.82, 2.24) is 14.7 Å². The van der Waals surface area contributed by atoms with Gasteiger partial charge in [0.15, 0.2) is 0 Å². The highest BCUT2D eigenvalue weighted by molar-refractivity contribution is 7.15. The van der Waals surface area contributed by atoms with Crippen LogP contribution in [0.1, 0.15) is 25.5 Å². The van der Waals surface area contributed by atoms with Crippen LogP contribution < -0.4 is 10.6 Å². The fraction of sp³-hybridized carbons (Fsp3) is 0.583. The number of rotatable bonds is 2. The maximum Gasteiger partial charge on any atom is 0.208 e. The molecule has 0 radical (unpaired) electrons. The Morgan fingerprint density at radius 1 is 1.47 bits per heavy atom. The summed E-state index contributed by atoms with van der Waals surface area (Å²) in [6, 6.07) is 0. The second-order valence-corrected chi connectivity index (χ2v) is 5.82. The molecule has 1 saturated heterocycles. The van der Waals surface area contributed by atoms with Gasteiger partial charge in [-0.2, -0.15) is 0 Å². The lowest BCUT2D eigenvalue weighted by atomic mass is 9.78. The molecule has 0 spiro atoms. The van der Waals surface area contributed by atoms with Gasteiger partial charge in [0.2, 0.25) is 5.95 Å². The van der Waals surface area contributed by atoms with Gasteiger partial charge in [-0.05, 0) is 25.9 Å². The summed E-state index contributed by atoms with van der Waals surface area (Å²) < 4.78 is 2.16. The predicted octanol–water partition coefficient (Wildman–Crippen LogP) is 2.08. The fourth-order valence-corrected chi connectivity index (χ4v) is 3.59. The highest BCUT2D eigenvalue weighted by Crippen LogP contribution is 2.37. The zero-order chi connectivity index (χ0) is 11.9. The van der Waals surface area contributed by atoms with E-state index in [2.05, 4.69) is 33.5 Å². The summed E-state index contributed by atoms with van der Waals surface area (Å²) in [5, 5.41) is 8.73. The van der Waals surface area contributed by atoms with Crippen molar-refractivity contribution >= 4 is 22.1 Å². The van der Waals surface area contributed by atoms with Crippen LogP contribution in [0.3, 0.4) is 0 Å². The van der Waals surface area contributed by atoms with Crippen LogP contribution in [-0.2, 0) is 5.41 Å². The third-order valence-corrected chi connectivity index (χ3v) is 4.63. The summed E-state index contributed by atoms with van der Waals surface area (Å²) in [7, 11) is 1.93. The molecule has 0 aromatic carbocycles. The van der Waals surface area contributed by atoms with Crippen LogP contribution in [0, 0.1) is 0 Å². The van der Waals surface area contributed by atoms with E-state index in [-0.39, 0.29) is 5.41 Å². The lowest BCUT2D eigenvalue weighted by Crippen LogP contribution is -2.38. The van der Waals surface area contributed by atoms with Gasteiger partial charge < -0.3 is 10.6 Å². The lowest BCUT2D eigenvalue weighted by molar-refractivity contribution is 0.331. The molecule has 92 valence electrons. The summed E-state index contributed by atoms with van der Waals surface area (Å²) in [5.41, 5.74) is 1.48. The van der Waals surface area contributed by atoms with Crippen molar-refractivity contribution < 1.29 is 0 Å². The molecule has 2 aromatic rings. The lowest BCUT2D eigenvalue weighted by Gasteiger charge is -2.32. The number of imidazole rings is 1. The van der Waals surface area contributed by atoms with Crippen molar-refractivity contribution in [2.75, 3.05) is 25.5 Å². The molecule has 3 heterocycles. The van der Waals surface area contributed by atoms with Gasteiger partial charge in [-0.1, -0.05) is 6.92 Å². The van der Waals surface area contributed by atoms with E-state index in [1.165, 1.54) is 23.4 Å². The van der Waals surface area contributed by atoms with Gasteiger partial charge in [0.1, 0.15) is 4.83 Å². The molecule has 1 aliphatic rings. The van der Waals surface area contributed by atoms with Gasteiger partial charge >= 0.3 is 0 Å². The van der Waals surface area contributed by atoms with Crippen molar-refractivity contribution in [2.45, 2.75) is 25.2 Å². The van der Waals surface area contributed by atoms with Crippen molar-refractivity contribution in [2.24, 2.45) is 0 Å². The number of fused-ring (bicyclic) bond motifs is 1. The summed E-state index contributed by atoms with van der Waals surface area (Å²) in [6.07, 6.45) is 4.42. The number of nitrogens with one attached hydrogen (secondary N) is 2. The molecule has 1 fully saturated rings. The van der Waals surface area contributed by atoms with E-state index in [4.69, 9.17) is 4.98 Å². The largest absolute Gasteiger partial charge is 0.358 e. The standard InChI is InChI=1S/C12H18N4S/c1-12(3-5-14-6-4-12)9-10-16(7-8-17-10)11(13-2)15-9/h7-8,14H,3-6H2,1-2H3,(H,13,15). The second kappa shape index (κ2) is 3.99. The minimum Gasteiger partial charge on any atom is -0.358 e. The van der Waals surface area contributed by atoms with E-state index in [1.807, 2.05) is 7.05 Å². The maximum atomic E-state index is 4.80. The zero-order valence-corrected chi connectivity index (χ0v) is 11.1. The normalized spacial score (nSPS) is 19.6. The predicted molar refractivity (Wildman–Crippen MR) is 72.1 cm³/mol. The van der Waals surface area contributed by atoms with Crippen molar-refractivity contribution in [3.63, 3.8) is 0 Å². The van der Waals surface area contributed by atoms with Crippen molar-refractivity contribution in [3.05, 3.63) is 17.3 Å². The molecule has 0 amide bonds. The van der Waals surface area contributed by atoms with E-state index in [1.54, 1.807) is 11.3 Å². The summed E-state index contributed by atoms with van der Waals surface area (Å²) >= 11 is 1.78. The third kappa shape index (κ3) is 1.65. The molecule has 0 atom stereocenters. The van der Waals surface area contributed by atoms with Gasteiger partial charge in [0.05, 0.1) is 5.69 Å². The second-order valence-electron chi connectivity index (χ2n) is 4.92. The molecule has 5 heteroatoms. The minimum atomic E-state index is 0.219.